The van der Waals surface area contributed by atoms with E-state index < -0.39 is 29.2 Å². The molecule has 0 radical (unpaired) electrons. The molecule has 150 valence electrons. The van der Waals surface area contributed by atoms with Crippen LogP contribution in [0.4, 0.5) is 24.5 Å². The van der Waals surface area contributed by atoms with Gasteiger partial charge in [0.1, 0.15) is 5.75 Å². The van der Waals surface area contributed by atoms with Gasteiger partial charge < -0.3 is 14.8 Å². The Morgan fingerprint density at radius 1 is 1.14 bits per heavy atom. The number of anilines is 1. The molecule has 0 aliphatic carbocycles. The molecular formula is C18H17F3N2O5. The molecule has 2 rings (SSSR count). The zero-order valence-corrected chi connectivity index (χ0v) is 14.8. The molecule has 0 unspecified atom stereocenters. The quantitative estimate of drug-likeness (QED) is 0.525. The smallest absolute Gasteiger partial charge is 0.416 e. The van der Waals surface area contributed by atoms with Crippen LogP contribution in [0.3, 0.4) is 0 Å². The molecule has 0 heterocycles. The van der Waals surface area contributed by atoms with Gasteiger partial charge in [0.2, 0.25) is 0 Å². The lowest BCUT2D eigenvalue weighted by Crippen LogP contribution is -2.21. The maximum absolute atomic E-state index is 12.9. The van der Waals surface area contributed by atoms with Gasteiger partial charge in [0.05, 0.1) is 22.8 Å². The average Bonchev–Trinajstić information content (AvgIpc) is 2.64. The van der Waals surface area contributed by atoms with E-state index in [1.54, 1.807) is 0 Å². The number of hydrogen-bond donors (Lipinski definition) is 1. The highest BCUT2D eigenvalue weighted by molar-refractivity contribution is 5.93. The number of para-hydroxylation sites is 2. The highest BCUT2D eigenvalue weighted by Crippen LogP contribution is 2.35. The van der Waals surface area contributed by atoms with Gasteiger partial charge in [-0.2, -0.15) is 13.2 Å². The van der Waals surface area contributed by atoms with Crippen molar-refractivity contribution < 1.29 is 32.4 Å². The largest absolute Gasteiger partial charge is 0.491 e. The number of amides is 1. The number of ether oxygens (including phenoxy) is 2. The molecule has 1 N–H and O–H groups in total. The first-order valence-electron chi connectivity index (χ1n) is 8.22. The summed E-state index contributed by atoms with van der Waals surface area (Å²) in [6, 6.07) is 8.17. The van der Waals surface area contributed by atoms with E-state index in [0.29, 0.717) is 6.42 Å². The fourth-order valence-corrected chi connectivity index (χ4v) is 2.20. The summed E-state index contributed by atoms with van der Waals surface area (Å²) in [6.07, 6.45) is -3.97. The van der Waals surface area contributed by atoms with Crippen LogP contribution in [-0.4, -0.2) is 24.0 Å². The van der Waals surface area contributed by atoms with E-state index in [4.69, 9.17) is 9.47 Å². The minimum atomic E-state index is -4.59. The van der Waals surface area contributed by atoms with Crippen LogP contribution in [0.5, 0.6) is 11.5 Å². The Bertz CT molecular complexity index is 855. The van der Waals surface area contributed by atoms with E-state index in [9.17, 15) is 28.1 Å². The molecule has 1 amide bonds. The van der Waals surface area contributed by atoms with E-state index >= 15 is 0 Å². The van der Waals surface area contributed by atoms with Crippen molar-refractivity contribution in [2.75, 3.05) is 18.5 Å². The molecule has 7 nitrogen and oxygen atoms in total. The Labute approximate surface area is 158 Å². The average molecular weight is 398 g/mol. The van der Waals surface area contributed by atoms with E-state index in [-0.39, 0.29) is 29.5 Å². The number of nitrogens with zero attached hydrogens (tertiary/aromatic N) is 1. The second kappa shape index (κ2) is 9.07. The van der Waals surface area contributed by atoms with Crippen LogP contribution in [0.1, 0.15) is 18.9 Å². The van der Waals surface area contributed by atoms with Crippen LogP contribution in [0, 0.1) is 10.1 Å². The highest BCUT2D eigenvalue weighted by atomic mass is 19.4. The third-order valence-corrected chi connectivity index (χ3v) is 3.46. The van der Waals surface area contributed by atoms with Crippen molar-refractivity contribution in [3.63, 3.8) is 0 Å². The second-order valence-corrected chi connectivity index (χ2v) is 5.62. The van der Waals surface area contributed by atoms with Gasteiger partial charge in [-0.1, -0.05) is 19.1 Å². The van der Waals surface area contributed by atoms with Gasteiger partial charge >= 0.3 is 11.9 Å². The van der Waals surface area contributed by atoms with Crippen LogP contribution in [-0.2, 0) is 11.0 Å². The minimum Gasteiger partial charge on any atom is -0.491 e. The highest BCUT2D eigenvalue weighted by Gasteiger charge is 2.31. The van der Waals surface area contributed by atoms with E-state index in [1.807, 2.05) is 6.92 Å². The summed E-state index contributed by atoms with van der Waals surface area (Å²) in [5, 5.41) is 13.2. The zero-order valence-electron chi connectivity index (χ0n) is 14.8. The van der Waals surface area contributed by atoms with Gasteiger partial charge in [0.15, 0.2) is 12.4 Å². The molecule has 0 aliphatic rings. The molecule has 10 heteroatoms. The molecular weight excluding hydrogens is 381 g/mol. The Kier molecular flexibility index (Phi) is 6.80. The zero-order chi connectivity index (χ0) is 20.7. The summed E-state index contributed by atoms with van der Waals surface area (Å²) in [6.45, 7) is 1.44. The molecule has 0 saturated carbocycles. The van der Waals surface area contributed by atoms with Crippen LogP contribution in [0.25, 0.3) is 0 Å². The Balaban J connectivity index is 2.14. The summed E-state index contributed by atoms with van der Waals surface area (Å²) in [4.78, 5) is 22.4. The van der Waals surface area contributed by atoms with Crippen LogP contribution < -0.4 is 14.8 Å². The summed E-state index contributed by atoms with van der Waals surface area (Å²) in [7, 11) is 0. The number of alkyl halides is 3. The van der Waals surface area contributed by atoms with Crippen molar-refractivity contribution in [3.8, 4) is 11.5 Å². The lowest BCUT2D eigenvalue weighted by molar-refractivity contribution is -0.385. The number of hydrogen-bond acceptors (Lipinski definition) is 5. The number of rotatable bonds is 8. The van der Waals surface area contributed by atoms with Gasteiger partial charge in [0, 0.05) is 6.07 Å². The Morgan fingerprint density at radius 3 is 2.50 bits per heavy atom. The van der Waals surface area contributed by atoms with Crippen molar-refractivity contribution in [1.29, 1.82) is 0 Å². The number of nitro groups is 1. The van der Waals surface area contributed by atoms with Gasteiger partial charge in [-0.05, 0) is 30.7 Å². The summed E-state index contributed by atoms with van der Waals surface area (Å²) >= 11 is 0. The number of carbonyl (C=O) groups excluding carboxylic acids is 1. The molecule has 0 bridgehead atoms. The topological polar surface area (TPSA) is 90.7 Å². The maximum Gasteiger partial charge on any atom is 0.416 e. The molecule has 0 atom stereocenters. The number of benzene rings is 2. The molecule has 2 aromatic rings. The van der Waals surface area contributed by atoms with Gasteiger partial charge in [-0.3, -0.25) is 14.9 Å². The summed E-state index contributed by atoms with van der Waals surface area (Å²) in [5.74, 6) is -0.845. The molecule has 0 aromatic heterocycles. The molecule has 0 aliphatic heterocycles. The van der Waals surface area contributed by atoms with Gasteiger partial charge in [-0.25, -0.2) is 0 Å². The van der Waals surface area contributed by atoms with Crippen LogP contribution in [0.2, 0.25) is 0 Å². The van der Waals surface area contributed by atoms with Gasteiger partial charge in [0.25, 0.3) is 5.91 Å². The SMILES string of the molecule is CCCOc1ccc(C(F)(F)F)cc1NC(=O)COc1ccccc1[N+](=O)[O-]. The molecule has 28 heavy (non-hydrogen) atoms. The third kappa shape index (κ3) is 5.60. The predicted octanol–water partition coefficient (Wildman–Crippen LogP) is 4.42. The first kappa shape index (κ1) is 21.0. The molecule has 0 spiro atoms. The Morgan fingerprint density at radius 2 is 1.86 bits per heavy atom. The molecule has 0 fully saturated rings. The lowest BCUT2D eigenvalue weighted by atomic mass is 10.1. The van der Waals surface area contributed by atoms with E-state index in [2.05, 4.69) is 5.32 Å². The van der Waals surface area contributed by atoms with Crippen molar-refractivity contribution in [3.05, 3.63) is 58.1 Å². The predicted molar refractivity (Wildman–Crippen MR) is 94.5 cm³/mol. The normalized spacial score (nSPS) is 11.0. The third-order valence-electron chi connectivity index (χ3n) is 3.46. The minimum absolute atomic E-state index is 0.0777. The van der Waals surface area contributed by atoms with Crippen LogP contribution >= 0.6 is 0 Å². The maximum atomic E-state index is 12.9. The summed E-state index contributed by atoms with van der Waals surface area (Å²) in [5.41, 5.74) is -1.45. The van der Waals surface area contributed by atoms with Gasteiger partial charge in [-0.15, -0.1) is 0 Å². The number of halogens is 3. The van der Waals surface area contributed by atoms with Crippen molar-refractivity contribution in [1.82, 2.24) is 0 Å². The standard InChI is InChI=1S/C18H17F3N2O5/c1-2-9-27-15-8-7-12(18(19,20)21)10-13(15)22-17(24)11-28-16-6-4-3-5-14(16)23(25)26/h3-8,10H,2,9,11H2,1H3,(H,22,24). The van der Waals surface area contributed by atoms with E-state index in [0.717, 1.165) is 18.2 Å². The fourth-order valence-electron chi connectivity index (χ4n) is 2.20. The van der Waals surface area contributed by atoms with Crippen molar-refractivity contribution in [2.45, 2.75) is 19.5 Å². The first-order chi connectivity index (χ1) is 13.2. The lowest BCUT2D eigenvalue weighted by Gasteiger charge is -2.15. The van der Waals surface area contributed by atoms with Crippen molar-refractivity contribution >= 4 is 17.3 Å². The molecule has 2 aromatic carbocycles. The number of carbonyl (C=O) groups is 1. The van der Waals surface area contributed by atoms with Crippen molar-refractivity contribution in [2.24, 2.45) is 0 Å². The fraction of sp³-hybridized carbons (Fsp3) is 0.278. The summed E-state index contributed by atoms with van der Waals surface area (Å²) < 4.78 is 49.3. The Hall–Kier alpha value is -3.30. The number of nitrogens with one attached hydrogen (secondary N) is 1. The first-order valence-corrected chi connectivity index (χ1v) is 8.22. The monoisotopic (exact) mass is 398 g/mol. The number of nitro benzene ring substituents is 1. The second-order valence-electron chi connectivity index (χ2n) is 5.62. The van der Waals surface area contributed by atoms with Crippen LogP contribution in [0.15, 0.2) is 42.5 Å². The molecule has 0 saturated heterocycles. The van der Waals surface area contributed by atoms with E-state index in [1.165, 1.54) is 24.3 Å².